The van der Waals surface area contributed by atoms with Gasteiger partial charge < -0.3 is 20.1 Å². The van der Waals surface area contributed by atoms with Gasteiger partial charge in [0.15, 0.2) is 0 Å². The smallest absolute Gasteiger partial charge is 0.311 e. The van der Waals surface area contributed by atoms with Gasteiger partial charge in [0.1, 0.15) is 17.8 Å². The molecule has 2 N–H and O–H groups in total. The van der Waals surface area contributed by atoms with E-state index in [-0.39, 0.29) is 6.04 Å². The molecule has 128 valence electrons. The Labute approximate surface area is 140 Å². The predicted molar refractivity (Wildman–Crippen MR) is 90.5 cm³/mol. The van der Waals surface area contributed by atoms with Crippen molar-refractivity contribution in [2.24, 2.45) is 5.92 Å². The molecular formula is C16H22N6O2. The molecule has 2 unspecified atom stereocenters. The maximum Gasteiger partial charge on any atom is 0.311 e. The Morgan fingerprint density at radius 3 is 2.96 bits per heavy atom. The normalized spacial score (nSPS) is 20.9. The summed E-state index contributed by atoms with van der Waals surface area (Å²) in [5.74, 6) is 0.165. The Bertz CT molecular complexity index is 758. The summed E-state index contributed by atoms with van der Waals surface area (Å²) < 4.78 is 0. The molecule has 0 aromatic carbocycles. The third-order valence-electron chi connectivity index (χ3n) is 4.79. The van der Waals surface area contributed by atoms with E-state index in [1.165, 1.54) is 13.4 Å². The lowest BCUT2D eigenvalue weighted by molar-refractivity contribution is -0.146. The fourth-order valence-electron chi connectivity index (χ4n) is 3.28. The lowest BCUT2D eigenvalue weighted by atomic mass is 9.92. The van der Waals surface area contributed by atoms with Crippen LogP contribution in [0.1, 0.15) is 13.3 Å². The van der Waals surface area contributed by atoms with Gasteiger partial charge in [-0.3, -0.25) is 9.59 Å². The summed E-state index contributed by atoms with van der Waals surface area (Å²) in [6.45, 7) is 3.26. The molecular weight excluding hydrogens is 308 g/mol. The number of nitrogens with zero attached hydrogens (tertiary/aromatic N) is 4. The molecule has 0 bridgehead atoms. The van der Waals surface area contributed by atoms with Crippen LogP contribution >= 0.6 is 0 Å². The van der Waals surface area contributed by atoms with Crippen LogP contribution in [-0.4, -0.2) is 64.9 Å². The summed E-state index contributed by atoms with van der Waals surface area (Å²) in [6, 6.07) is 2.03. The molecule has 0 radical (unpaired) electrons. The van der Waals surface area contributed by atoms with E-state index in [2.05, 4.69) is 32.1 Å². The number of aromatic nitrogens is 3. The highest BCUT2D eigenvalue weighted by Gasteiger charge is 2.34. The number of rotatable bonds is 2. The second kappa shape index (κ2) is 6.46. The van der Waals surface area contributed by atoms with Crippen LogP contribution in [0, 0.1) is 5.92 Å². The summed E-state index contributed by atoms with van der Waals surface area (Å²) >= 11 is 0. The molecule has 0 saturated carbocycles. The first-order valence-electron chi connectivity index (χ1n) is 8.04. The van der Waals surface area contributed by atoms with Crippen LogP contribution in [-0.2, 0) is 9.59 Å². The number of carbonyl (C=O) groups excluding carboxylic acids is 2. The standard InChI is InChI=1S/C16H22N6O2/c1-10-5-7-22(16(24)15(23)17-2)8-12(10)21(3)14-11-4-6-18-13(11)19-9-20-14/h4,6,9-10,12H,5,7-8H2,1-3H3,(H,17,23)(H,18,19,20). The molecule has 1 aliphatic heterocycles. The molecule has 0 aliphatic carbocycles. The van der Waals surface area contributed by atoms with E-state index >= 15 is 0 Å². The van der Waals surface area contributed by atoms with Gasteiger partial charge >= 0.3 is 11.8 Å². The second-order valence-electron chi connectivity index (χ2n) is 6.21. The zero-order valence-corrected chi connectivity index (χ0v) is 14.1. The van der Waals surface area contributed by atoms with Crippen LogP contribution < -0.4 is 10.2 Å². The van der Waals surface area contributed by atoms with Gasteiger partial charge in [-0.1, -0.05) is 6.92 Å². The van der Waals surface area contributed by atoms with E-state index in [0.717, 1.165) is 23.3 Å². The molecule has 1 saturated heterocycles. The maximum absolute atomic E-state index is 12.2. The highest BCUT2D eigenvalue weighted by Crippen LogP contribution is 2.28. The van der Waals surface area contributed by atoms with Crippen LogP contribution in [0.5, 0.6) is 0 Å². The minimum atomic E-state index is -0.569. The maximum atomic E-state index is 12.2. The van der Waals surface area contributed by atoms with E-state index in [1.54, 1.807) is 4.90 Å². The molecule has 8 nitrogen and oxygen atoms in total. The van der Waals surface area contributed by atoms with Gasteiger partial charge in [-0.05, 0) is 18.4 Å². The van der Waals surface area contributed by atoms with Crippen molar-refractivity contribution in [3.05, 3.63) is 18.6 Å². The number of amides is 2. The summed E-state index contributed by atoms with van der Waals surface area (Å²) in [6.07, 6.45) is 4.22. The number of hydrogen-bond acceptors (Lipinski definition) is 5. The van der Waals surface area contributed by atoms with E-state index in [9.17, 15) is 9.59 Å². The third kappa shape index (κ3) is 2.79. The quantitative estimate of drug-likeness (QED) is 0.776. The molecule has 3 rings (SSSR count). The number of nitrogens with one attached hydrogen (secondary N) is 2. The zero-order valence-electron chi connectivity index (χ0n) is 14.1. The fourth-order valence-corrected chi connectivity index (χ4v) is 3.28. The highest BCUT2D eigenvalue weighted by atomic mass is 16.2. The molecule has 0 spiro atoms. The minimum Gasteiger partial charge on any atom is -0.354 e. The molecule has 2 amide bonds. The van der Waals surface area contributed by atoms with Crippen LogP contribution in [0.3, 0.4) is 0 Å². The fraction of sp³-hybridized carbons (Fsp3) is 0.500. The number of aromatic amines is 1. The van der Waals surface area contributed by atoms with Crippen molar-refractivity contribution >= 4 is 28.7 Å². The monoisotopic (exact) mass is 330 g/mol. The molecule has 2 aromatic rings. The summed E-state index contributed by atoms with van der Waals surface area (Å²) in [7, 11) is 3.45. The van der Waals surface area contributed by atoms with Crippen LogP contribution in [0.15, 0.2) is 18.6 Å². The van der Waals surface area contributed by atoms with Crippen molar-refractivity contribution in [3.63, 3.8) is 0 Å². The van der Waals surface area contributed by atoms with E-state index < -0.39 is 11.8 Å². The highest BCUT2D eigenvalue weighted by molar-refractivity contribution is 6.34. The van der Waals surface area contributed by atoms with Gasteiger partial charge in [0.2, 0.25) is 0 Å². The number of likely N-dealkylation sites (tertiary alicyclic amines) is 1. The first kappa shape index (κ1) is 16.2. The molecule has 2 aromatic heterocycles. The summed E-state index contributed by atoms with van der Waals surface area (Å²) in [4.78, 5) is 39.2. The van der Waals surface area contributed by atoms with Gasteiger partial charge in [-0.2, -0.15) is 0 Å². The Balaban J connectivity index is 1.85. The number of carbonyl (C=O) groups is 2. The largest absolute Gasteiger partial charge is 0.354 e. The van der Waals surface area contributed by atoms with Gasteiger partial charge in [-0.25, -0.2) is 9.97 Å². The Kier molecular flexibility index (Phi) is 4.37. The molecule has 1 fully saturated rings. The van der Waals surface area contributed by atoms with Gasteiger partial charge in [0, 0.05) is 33.4 Å². The zero-order chi connectivity index (χ0) is 17.3. The Morgan fingerprint density at radius 1 is 1.42 bits per heavy atom. The molecule has 1 aliphatic rings. The summed E-state index contributed by atoms with van der Waals surface area (Å²) in [5.41, 5.74) is 0.786. The molecule has 3 heterocycles. The number of anilines is 1. The Hall–Kier alpha value is -2.64. The van der Waals surface area contributed by atoms with Crippen LogP contribution in [0.25, 0.3) is 11.0 Å². The molecule has 8 heteroatoms. The first-order chi connectivity index (χ1) is 11.5. The van der Waals surface area contributed by atoms with Gasteiger partial charge in [0.25, 0.3) is 0 Å². The van der Waals surface area contributed by atoms with E-state index in [1.807, 2.05) is 19.3 Å². The van der Waals surface area contributed by atoms with Crippen molar-refractivity contribution in [1.29, 1.82) is 0 Å². The van der Waals surface area contributed by atoms with Crippen molar-refractivity contribution in [3.8, 4) is 0 Å². The van der Waals surface area contributed by atoms with Crippen molar-refractivity contribution in [2.45, 2.75) is 19.4 Å². The predicted octanol–water partition coefficient (Wildman–Crippen LogP) is 0.377. The topological polar surface area (TPSA) is 94.2 Å². The second-order valence-corrected chi connectivity index (χ2v) is 6.21. The number of fused-ring (bicyclic) bond motifs is 1. The molecule has 24 heavy (non-hydrogen) atoms. The van der Waals surface area contributed by atoms with E-state index in [0.29, 0.717) is 19.0 Å². The van der Waals surface area contributed by atoms with Crippen LogP contribution in [0.2, 0.25) is 0 Å². The Morgan fingerprint density at radius 2 is 2.21 bits per heavy atom. The third-order valence-corrected chi connectivity index (χ3v) is 4.79. The SMILES string of the molecule is CNC(=O)C(=O)N1CCC(C)C(N(C)c2ncnc3[nH]ccc23)C1. The van der Waals surface area contributed by atoms with Crippen molar-refractivity contribution < 1.29 is 9.59 Å². The van der Waals surface area contributed by atoms with Crippen LogP contribution in [0.4, 0.5) is 5.82 Å². The van der Waals surface area contributed by atoms with E-state index in [4.69, 9.17) is 0 Å². The average Bonchev–Trinajstić information content (AvgIpc) is 3.09. The molecule has 2 atom stereocenters. The first-order valence-corrected chi connectivity index (χ1v) is 8.04. The van der Waals surface area contributed by atoms with Gasteiger partial charge in [-0.15, -0.1) is 0 Å². The van der Waals surface area contributed by atoms with Crippen molar-refractivity contribution in [2.75, 3.05) is 32.1 Å². The number of piperidine rings is 1. The average molecular weight is 330 g/mol. The van der Waals surface area contributed by atoms with Crippen molar-refractivity contribution in [1.82, 2.24) is 25.2 Å². The lowest BCUT2D eigenvalue weighted by Gasteiger charge is -2.41. The minimum absolute atomic E-state index is 0.0837. The summed E-state index contributed by atoms with van der Waals surface area (Å²) in [5, 5.41) is 3.35. The lowest BCUT2D eigenvalue weighted by Crippen LogP contribution is -2.55. The number of hydrogen-bond donors (Lipinski definition) is 2. The number of H-pyrrole nitrogens is 1. The number of likely N-dealkylation sites (N-methyl/N-ethyl adjacent to an activating group) is 2. The van der Waals surface area contributed by atoms with Gasteiger partial charge in [0.05, 0.1) is 11.4 Å².